The van der Waals surface area contributed by atoms with Crippen molar-refractivity contribution in [2.45, 2.75) is 23.0 Å². The molecule has 0 aliphatic rings. The van der Waals surface area contributed by atoms with E-state index in [1.54, 1.807) is 0 Å². The van der Waals surface area contributed by atoms with Gasteiger partial charge in [-0.05, 0) is 0 Å². The van der Waals surface area contributed by atoms with E-state index in [2.05, 4.69) is 0 Å². The maximum atomic E-state index is 12.5. The summed E-state index contributed by atoms with van der Waals surface area (Å²) in [6.45, 7) is 0. The second kappa shape index (κ2) is 4.22. The summed E-state index contributed by atoms with van der Waals surface area (Å²) in [6, 6.07) is -4.40. The van der Waals surface area contributed by atoms with Crippen LogP contribution in [0.4, 0.5) is 39.5 Å². The van der Waals surface area contributed by atoms with Gasteiger partial charge in [-0.25, -0.2) is 0 Å². The van der Waals surface area contributed by atoms with Gasteiger partial charge in [-0.2, -0.15) is 47.9 Å². The van der Waals surface area contributed by atoms with Crippen molar-refractivity contribution >= 4 is 16.2 Å². The van der Waals surface area contributed by atoms with Crippen LogP contribution in [0.5, 0.6) is 0 Å². The number of hydrogen-bond donors (Lipinski definition) is 1. The first kappa shape index (κ1) is 17.9. The van der Waals surface area contributed by atoms with Gasteiger partial charge in [0.05, 0.1) is 0 Å². The molecule has 1 N–H and O–H groups in total. The molecule has 0 aromatic rings. The number of halogens is 9. The molecule has 4 nitrogen and oxygen atoms in total. The van der Waals surface area contributed by atoms with Gasteiger partial charge in [0.25, 0.3) is 0 Å². The summed E-state index contributed by atoms with van der Waals surface area (Å²) in [6.07, 6.45) is 0. The molecule has 0 rings (SSSR count). The summed E-state index contributed by atoms with van der Waals surface area (Å²) in [7, 11) is -7.26. The number of rotatable bonds is 5. The molecule has 0 spiro atoms. The molecular formula is C5HF9O4S. The van der Waals surface area contributed by atoms with E-state index in [-0.39, 0.29) is 0 Å². The molecule has 0 radical (unpaired) electrons. The molecule has 0 aromatic heterocycles. The van der Waals surface area contributed by atoms with E-state index in [9.17, 15) is 52.7 Å². The predicted octanol–water partition coefficient (Wildman–Crippen LogP) is 1.87. The quantitative estimate of drug-likeness (QED) is 0.475. The van der Waals surface area contributed by atoms with Crippen LogP contribution in [0.1, 0.15) is 0 Å². The highest BCUT2D eigenvalue weighted by Crippen LogP contribution is 2.54. The van der Waals surface area contributed by atoms with Gasteiger partial charge in [0.15, 0.2) is 0 Å². The number of carbonyl (C=O) groups is 1. The van der Waals surface area contributed by atoms with Gasteiger partial charge >= 0.3 is 39.2 Å². The maximum Gasteiger partial charge on any atom is 0.438 e. The number of hydrogen-bond acceptors (Lipinski definition) is 3. The van der Waals surface area contributed by atoms with Crippen molar-refractivity contribution in [2.75, 3.05) is 0 Å². The van der Waals surface area contributed by atoms with Gasteiger partial charge in [0.1, 0.15) is 0 Å². The summed E-state index contributed by atoms with van der Waals surface area (Å²) in [5, 5.41) is -7.09. The first-order valence-corrected chi connectivity index (χ1v) is 5.07. The standard InChI is InChI=1S/C5HF9O4S/c6-1(15)2(7,8)3(9,10)4(11,12)5(13,14)19(16,17)18/h(H,16,17,18). The Balaban J connectivity index is 6.14. The molecule has 0 heterocycles. The van der Waals surface area contributed by atoms with E-state index in [1.165, 1.54) is 0 Å². The van der Waals surface area contributed by atoms with Crippen molar-refractivity contribution in [3.05, 3.63) is 0 Å². The Bertz CT molecular complexity index is 481. The highest BCUT2D eigenvalue weighted by Gasteiger charge is 2.86. The van der Waals surface area contributed by atoms with E-state index in [0.29, 0.717) is 0 Å². The highest BCUT2D eigenvalue weighted by molar-refractivity contribution is 7.87. The summed E-state index contributed by atoms with van der Waals surface area (Å²) in [5.41, 5.74) is 0. The molecule has 0 atom stereocenters. The topological polar surface area (TPSA) is 71.4 Å². The maximum absolute atomic E-state index is 12.5. The smallest absolute Gasteiger partial charge is 0.281 e. The highest BCUT2D eigenvalue weighted by atomic mass is 32.2. The molecular weight excluding hydrogens is 327 g/mol. The molecule has 114 valence electrons. The first-order chi connectivity index (χ1) is 7.94. The average molecular weight is 328 g/mol. The van der Waals surface area contributed by atoms with Crippen LogP contribution in [-0.2, 0) is 14.9 Å². The van der Waals surface area contributed by atoms with Gasteiger partial charge in [0.2, 0.25) is 0 Å². The fourth-order valence-corrected chi connectivity index (χ4v) is 1.12. The molecule has 0 saturated carbocycles. The second-order valence-electron chi connectivity index (χ2n) is 2.99. The van der Waals surface area contributed by atoms with Crippen molar-refractivity contribution in [1.29, 1.82) is 0 Å². The Morgan fingerprint density at radius 2 is 1.16 bits per heavy atom. The van der Waals surface area contributed by atoms with Crippen LogP contribution < -0.4 is 0 Å². The van der Waals surface area contributed by atoms with Crippen LogP contribution in [0, 0.1) is 0 Å². The summed E-state index contributed by atoms with van der Waals surface area (Å²) < 4.78 is 138. The Hall–Kier alpha value is -1.05. The predicted molar refractivity (Wildman–Crippen MR) is 37.5 cm³/mol. The largest absolute Gasteiger partial charge is 0.438 e. The van der Waals surface area contributed by atoms with Gasteiger partial charge in [-0.3, -0.25) is 9.35 Å². The minimum atomic E-state index is -7.47. The van der Waals surface area contributed by atoms with E-state index in [1.807, 2.05) is 0 Å². The monoisotopic (exact) mass is 328 g/mol. The Morgan fingerprint density at radius 1 is 0.842 bits per heavy atom. The molecule has 14 heteroatoms. The lowest BCUT2D eigenvalue weighted by atomic mass is 10.1. The molecule has 0 unspecified atom stereocenters. The zero-order valence-corrected chi connectivity index (χ0v) is 8.80. The van der Waals surface area contributed by atoms with Crippen molar-refractivity contribution in [3.63, 3.8) is 0 Å². The van der Waals surface area contributed by atoms with E-state index in [0.717, 1.165) is 0 Å². The fraction of sp³-hybridized carbons (Fsp3) is 0.800. The molecule has 0 aromatic carbocycles. The SMILES string of the molecule is O=C(F)C(F)(F)C(F)(F)C(F)(F)C(F)(F)S(=O)(=O)O. The molecule has 19 heavy (non-hydrogen) atoms. The molecule has 0 saturated heterocycles. The lowest BCUT2D eigenvalue weighted by Gasteiger charge is -2.33. The summed E-state index contributed by atoms with van der Waals surface area (Å²) in [5.74, 6) is -21.8. The number of alkyl halides is 8. The molecule has 0 aliphatic carbocycles. The Kier molecular flexibility index (Phi) is 3.99. The van der Waals surface area contributed by atoms with Gasteiger partial charge in [-0.15, -0.1) is 0 Å². The van der Waals surface area contributed by atoms with Crippen molar-refractivity contribution in [3.8, 4) is 0 Å². The minimum absolute atomic E-state index is 4.40. The van der Waals surface area contributed by atoms with Gasteiger partial charge in [0, 0.05) is 0 Å². The first-order valence-electron chi connectivity index (χ1n) is 3.62. The Morgan fingerprint density at radius 3 is 1.37 bits per heavy atom. The summed E-state index contributed by atoms with van der Waals surface area (Å²) in [4.78, 5) is 9.45. The van der Waals surface area contributed by atoms with Crippen LogP contribution in [-0.4, -0.2) is 42.0 Å². The lowest BCUT2D eigenvalue weighted by molar-refractivity contribution is -0.340. The Labute approximate surface area is 97.5 Å². The van der Waals surface area contributed by atoms with Gasteiger partial charge in [-0.1, -0.05) is 0 Å². The van der Waals surface area contributed by atoms with E-state index < -0.39 is 39.2 Å². The number of carbonyl (C=O) groups excluding carboxylic acids is 1. The molecule has 0 fully saturated rings. The second-order valence-corrected chi connectivity index (χ2v) is 4.45. The van der Waals surface area contributed by atoms with E-state index in [4.69, 9.17) is 4.55 Å². The zero-order valence-electron chi connectivity index (χ0n) is 7.98. The third-order valence-electron chi connectivity index (χ3n) is 1.73. The van der Waals surface area contributed by atoms with Crippen molar-refractivity contribution in [2.24, 2.45) is 0 Å². The third kappa shape index (κ3) is 2.26. The van der Waals surface area contributed by atoms with Crippen LogP contribution >= 0.6 is 0 Å². The van der Waals surface area contributed by atoms with Gasteiger partial charge < -0.3 is 0 Å². The van der Waals surface area contributed by atoms with Crippen molar-refractivity contribution < 1.29 is 57.3 Å². The molecule has 0 bridgehead atoms. The zero-order chi connectivity index (χ0) is 16.1. The molecule has 0 aliphatic heterocycles. The van der Waals surface area contributed by atoms with E-state index >= 15 is 0 Å². The molecule has 0 amide bonds. The van der Waals surface area contributed by atoms with Crippen LogP contribution in [0.3, 0.4) is 0 Å². The summed E-state index contributed by atoms with van der Waals surface area (Å²) >= 11 is 0. The fourth-order valence-electron chi connectivity index (χ4n) is 0.665. The minimum Gasteiger partial charge on any atom is -0.281 e. The van der Waals surface area contributed by atoms with Crippen LogP contribution in [0.25, 0.3) is 0 Å². The lowest BCUT2D eigenvalue weighted by Crippen LogP contribution is -2.65. The van der Waals surface area contributed by atoms with Crippen molar-refractivity contribution in [1.82, 2.24) is 0 Å². The van der Waals surface area contributed by atoms with Crippen LogP contribution in [0.2, 0.25) is 0 Å². The average Bonchev–Trinajstić information content (AvgIpc) is 2.14. The third-order valence-corrected chi connectivity index (χ3v) is 2.63. The normalized spacial score (nSPS) is 15.5. The van der Waals surface area contributed by atoms with Crippen LogP contribution in [0.15, 0.2) is 0 Å².